The Balaban J connectivity index is 2.15. The number of rotatable bonds is 7. The highest BCUT2D eigenvalue weighted by atomic mass is 35.5. The van der Waals surface area contributed by atoms with Crippen molar-refractivity contribution in [2.24, 2.45) is 0 Å². The van der Waals surface area contributed by atoms with Gasteiger partial charge in [0, 0.05) is 39.6 Å². The molecule has 2 heterocycles. The zero-order chi connectivity index (χ0) is 21.7. The predicted molar refractivity (Wildman–Crippen MR) is 118 cm³/mol. The number of benzene rings is 1. The molecule has 0 spiro atoms. The molecule has 0 aliphatic carbocycles. The van der Waals surface area contributed by atoms with Crippen LogP contribution in [0.15, 0.2) is 54.2 Å². The van der Waals surface area contributed by atoms with E-state index in [9.17, 15) is 9.59 Å². The van der Waals surface area contributed by atoms with Gasteiger partial charge in [-0.25, -0.2) is 0 Å². The van der Waals surface area contributed by atoms with Crippen LogP contribution in [0.3, 0.4) is 0 Å². The lowest BCUT2D eigenvalue weighted by atomic mass is 9.99. The minimum absolute atomic E-state index is 0.149. The Kier molecular flexibility index (Phi) is 6.79. The Morgan fingerprint density at radius 2 is 2.07 bits per heavy atom. The van der Waals surface area contributed by atoms with E-state index in [1.807, 2.05) is 20.8 Å². The highest BCUT2D eigenvalue weighted by Crippen LogP contribution is 2.31. The molecule has 0 bridgehead atoms. The largest absolute Gasteiger partial charge is 0.349 e. The van der Waals surface area contributed by atoms with Gasteiger partial charge in [0.15, 0.2) is 5.69 Å². The second kappa shape index (κ2) is 9.32. The first-order valence-electron chi connectivity index (χ1n) is 9.40. The van der Waals surface area contributed by atoms with E-state index in [1.54, 1.807) is 54.2 Å². The number of nitrogens with zero attached hydrogens (tertiary/aromatic N) is 4. The molecular weight excluding hydrogens is 422 g/mol. The maximum Gasteiger partial charge on any atom is 0.280 e. The fourth-order valence-corrected chi connectivity index (χ4v) is 3.45. The smallest absolute Gasteiger partial charge is 0.280 e. The zero-order valence-electron chi connectivity index (χ0n) is 16.9. The number of carbonyl (C=O) groups is 2. The number of aromatic nitrogens is 3. The quantitative estimate of drug-likeness (QED) is 0.588. The van der Waals surface area contributed by atoms with Gasteiger partial charge in [-0.15, -0.1) is 5.10 Å². The summed E-state index contributed by atoms with van der Waals surface area (Å²) in [5, 5.41) is 8.95. The Morgan fingerprint density at radius 3 is 2.67 bits per heavy atom. The standard InChI is InChI=1S/C21H22ClN5O2S/c1-4-21(2,3)24-19(28)18(14-7-6-10-23-12-14)27(16-9-5-8-15(22)11-16)20(29)17-13-30-26-25-17/h5-13,18H,4H2,1-3H3,(H,24,28). The van der Waals surface area contributed by atoms with Crippen LogP contribution in [0.4, 0.5) is 5.69 Å². The summed E-state index contributed by atoms with van der Waals surface area (Å²) in [5.74, 6) is -0.782. The van der Waals surface area contributed by atoms with Gasteiger partial charge in [-0.05, 0) is 56.1 Å². The molecule has 0 saturated carbocycles. The van der Waals surface area contributed by atoms with Crippen LogP contribution >= 0.6 is 23.1 Å². The van der Waals surface area contributed by atoms with E-state index in [2.05, 4.69) is 19.9 Å². The summed E-state index contributed by atoms with van der Waals surface area (Å²) < 4.78 is 3.79. The van der Waals surface area contributed by atoms with Crippen LogP contribution in [-0.2, 0) is 4.79 Å². The molecule has 3 aromatic rings. The van der Waals surface area contributed by atoms with Crippen molar-refractivity contribution in [2.45, 2.75) is 38.8 Å². The van der Waals surface area contributed by atoms with Crippen LogP contribution in [0, 0.1) is 0 Å². The van der Waals surface area contributed by atoms with Crippen LogP contribution in [0.25, 0.3) is 0 Å². The number of hydrogen-bond acceptors (Lipinski definition) is 6. The molecule has 2 aromatic heterocycles. The van der Waals surface area contributed by atoms with E-state index >= 15 is 0 Å². The molecule has 156 valence electrons. The molecule has 0 aliphatic heterocycles. The minimum Gasteiger partial charge on any atom is -0.349 e. The number of carbonyl (C=O) groups excluding carboxylic acids is 2. The first-order valence-corrected chi connectivity index (χ1v) is 10.6. The Morgan fingerprint density at radius 1 is 1.27 bits per heavy atom. The van der Waals surface area contributed by atoms with Crippen molar-refractivity contribution < 1.29 is 9.59 Å². The number of halogens is 1. The maximum absolute atomic E-state index is 13.5. The molecule has 3 rings (SSSR count). The second-order valence-corrected chi connectivity index (χ2v) is 8.41. The van der Waals surface area contributed by atoms with Gasteiger partial charge in [-0.3, -0.25) is 19.5 Å². The van der Waals surface area contributed by atoms with Gasteiger partial charge in [0.25, 0.3) is 5.91 Å². The number of amides is 2. The molecule has 0 radical (unpaired) electrons. The molecule has 1 unspecified atom stereocenters. The van der Waals surface area contributed by atoms with Crippen molar-refractivity contribution in [3.05, 3.63) is 70.5 Å². The highest BCUT2D eigenvalue weighted by molar-refractivity contribution is 7.03. The van der Waals surface area contributed by atoms with E-state index in [0.29, 0.717) is 16.3 Å². The van der Waals surface area contributed by atoms with Gasteiger partial charge in [0.2, 0.25) is 5.91 Å². The summed E-state index contributed by atoms with van der Waals surface area (Å²) in [5.41, 5.74) is 0.733. The molecule has 1 N–H and O–H groups in total. The van der Waals surface area contributed by atoms with Crippen LogP contribution in [0.1, 0.15) is 49.3 Å². The van der Waals surface area contributed by atoms with Crippen molar-refractivity contribution in [1.82, 2.24) is 19.9 Å². The van der Waals surface area contributed by atoms with Crippen molar-refractivity contribution in [1.29, 1.82) is 0 Å². The molecular formula is C21H22ClN5O2S. The maximum atomic E-state index is 13.5. The zero-order valence-corrected chi connectivity index (χ0v) is 18.4. The number of anilines is 1. The van der Waals surface area contributed by atoms with Gasteiger partial charge in [0.1, 0.15) is 6.04 Å². The third kappa shape index (κ3) is 5.01. The second-order valence-electron chi connectivity index (χ2n) is 7.36. The van der Waals surface area contributed by atoms with Gasteiger partial charge < -0.3 is 5.32 Å². The average Bonchev–Trinajstić information content (AvgIpc) is 3.26. The fraction of sp³-hybridized carbons (Fsp3) is 0.286. The lowest BCUT2D eigenvalue weighted by molar-refractivity contribution is -0.124. The van der Waals surface area contributed by atoms with Crippen molar-refractivity contribution in [3.8, 4) is 0 Å². The molecule has 0 saturated heterocycles. The van der Waals surface area contributed by atoms with Crippen LogP contribution in [0.2, 0.25) is 5.02 Å². The third-order valence-electron chi connectivity index (χ3n) is 4.74. The molecule has 2 amide bonds. The van der Waals surface area contributed by atoms with Gasteiger partial charge >= 0.3 is 0 Å². The normalized spacial score (nSPS) is 12.3. The third-order valence-corrected chi connectivity index (χ3v) is 5.48. The minimum atomic E-state index is -0.975. The van der Waals surface area contributed by atoms with E-state index < -0.39 is 17.5 Å². The summed E-state index contributed by atoms with van der Waals surface area (Å²) in [6, 6.07) is 9.32. The number of nitrogens with one attached hydrogen (secondary N) is 1. The van der Waals surface area contributed by atoms with Crippen LogP contribution < -0.4 is 10.2 Å². The topological polar surface area (TPSA) is 88.1 Å². The molecule has 0 aliphatic rings. The SMILES string of the molecule is CCC(C)(C)NC(=O)C(c1cccnc1)N(C(=O)c1csnn1)c1cccc(Cl)c1. The summed E-state index contributed by atoms with van der Waals surface area (Å²) >= 11 is 7.27. The first kappa shape index (κ1) is 21.9. The fourth-order valence-electron chi connectivity index (χ4n) is 2.84. The molecule has 1 aromatic carbocycles. The van der Waals surface area contributed by atoms with Crippen molar-refractivity contribution in [3.63, 3.8) is 0 Å². The Hall–Kier alpha value is -2.84. The Bertz CT molecular complexity index is 1010. The van der Waals surface area contributed by atoms with E-state index in [-0.39, 0.29) is 11.6 Å². The first-order chi connectivity index (χ1) is 14.3. The monoisotopic (exact) mass is 443 g/mol. The van der Waals surface area contributed by atoms with Gasteiger partial charge in [-0.2, -0.15) is 0 Å². The van der Waals surface area contributed by atoms with E-state index in [0.717, 1.165) is 18.0 Å². The predicted octanol–water partition coefficient (Wildman–Crippen LogP) is 4.28. The van der Waals surface area contributed by atoms with Crippen molar-refractivity contribution in [2.75, 3.05) is 4.90 Å². The average molecular weight is 444 g/mol. The van der Waals surface area contributed by atoms with E-state index in [1.165, 1.54) is 4.90 Å². The summed E-state index contributed by atoms with van der Waals surface area (Å²) in [7, 11) is 0. The summed E-state index contributed by atoms with van der Waals surface area (Å²) in [4.78, 5) is 32.5. The highest BCUT2D eigenvalue weighted by Gasteiger charge is 2.36. The van der Waals surface area contributed by atoms with Crippen LogP contribution in [0.5, 0.6) is 0 Å². The number of pyridine rings is 1. The van der Waals surface area contributed by atoms with E-state index in [4.69, 9.17) is 11.6 Å². The molecule has 9 heteroatoms. The summed E-state index contributed by atoms with van der Waals surface area (Å²) in [6.07, 6.45) is 3.91. The lowest BCUT2D eigenvalue weighted by Gasteiger charge is -2.34. The summed E-state index contributed by atoms with van der Waals surface area (Å²) in [6.45, 7) is 5.85. The molecule has 7 nitrogen and oxygen atoms in total. The Labute approximate surface area is 184 Å². The van der Waals surface area contributed by atoms with Crippen LogP contribution in [-0.4, -0.2) is 31.9 Å². The number of hydrogen-bond donors (Lipinski definition) is 1. The van der Waals surface area contributed by atoms with Gasteiger partial charge in [0.05, 0.1) is 0 Å². The molecule has 0 fully saturated rings. The molecule has 30 heavy (non-hydrogen) atoms. The molecule has 1 atom stereocenters. The van der Waals surface area contributed by atoms with Crippen molar-refractivity contribution >= 4 is 40.6 Å². The lowest BCUT2D eigenvalue weighted by Crippen LogP contribution is -2.50. The van der Waals surface area contributed by atoms with Gasteiger partial charge in [-0.1, -0.05) is 35.1 Å².